The van der Waals surface area contributed by atoms with Crippen LogP contribution in [0.25, 0.3) is 4.85 Å². The maximum atomic E-state index is 11.9. The second-order valence-electron chi connectivity index (χ2n) is 3.70. The van der Waals surface area contributed by atoms with Crippen LogP contribution < -0.4 is 0 Å². The van der Waals surface area contributed by atoms with Gasteiger partial charge in [0, 0.05) is 12.8 Å². The van der Waals surface area contributed by atoms with Crippen molar-refractivity contribution in [2.45, 2.75) is 12.8 Å². The van der Waals surface area contributed by atoms with E-state index in [4.69, 9.17) is 6.57 Å². The normalized spacial score (nSPS) is 10.1. The number of hydrogen-bond acceptors (Lipinski definition) is 4. The maximum absolute atomic E-state index is 11.9. The van der Waals surface area contributed by atoms with Gasteiger partial charge in [0.25, 0.3) is 0 Å². The summed E-state index contributed by atoms with van der Waals surface area (Å²) in [5.41, 5.74) is 0. The molecule has 0 aliphatic carbocycles. The van der Waals surface area contributed by atoms with Gasteiger partial charge in [-0.15, -0.1) is 11.3 Å². The summed E-state index contributed by atoms with van der Waals surface area (Å²) in [6.07, 6.45) is 0.392. The Balaban J connectivity index is 1.94. The lowest BCUT2D eigenvalue weighted by Gasteiger charge is -1.97. The molecule has 0 amide bonds. The Labute approximate surface area is 126 Å². The standard InChI is InChI=1S/C13H8BrNO2S2/c1-15-13-7-5-11(19-13)9(17)3-2-8(16)10-4-6-12(14)18-10/h4-7H,2-3H2. The molecule has 2 heterocycles. The van der Waals surface area contributed by atoms with Crippen molar-refractivity contribution in [2.75, 3.05) is 0 Å². The Morgan fingerprint density at radius 1 is 1.05 bits per heavy atom. The van der Waals surface area contributed by atoms with Crippen molar-refractivity contribution >= 4 is 55.2 Å². The van der Waals surface area contributed by atoms with Crippen molar-refractivity contribution in [3.05, 3.63) is 49.2 Å². The summed E-state index contributed by atoms with van der Waals surface area (Å²) in [7, 11) is 0. The van der Waals surface area contributed by atoms with E-state index in [1.165, 1.54) is 22.7 Å². The molecule has 0 spiro atoms. The number of rotatable bonds is 5. The molecule has 0 aromatic carbocycles. The van der Waals surface area contributed by atoms with E-state index in [0.29, 0.717) is 14.8 Å². The molecule has 2 rings (SSSR count). The third-order valence-electron chi connectivity index (χ3n) is 2.40. The predicted molar refractivity (Wildman–Crippen MR) is 80.5 cm³/mol. The number of Topliss-reactive ketones (excluding diaryl/α,β-unsaturated/α-hetero) is 2. The highest BCUT2D eigenvalue weighted by atomic mass is 79.9. The van der Waals surface area contributed by atoms with Gasteiger partial charge in [-0.2, -0.15) is 11.3 Å². The first-order valence-corrected chi connectivity index (χ1v) is 7.82. The van der Waals surface area contributed by atoms with Gasteiger partial charge in [0.2, 0.25) is 5.00 Å². The molecule has 6 heteroatoms. The minimum Gasteiger partial charge on any atom is -0.293 e. The van der Waals surface area contributed by atoms with Gasteiger partial charge < -0.3 is 0 Å². The van der Waals surface area contributed by atoms with E-state index in [2.05, 4.69) is 20.8 Å². The van der Waals surface area contributed by atoms with Crippen molar-refractivity contribution in [1.82, 2.24) is 0 Å². The summed E-state index contributed by atoms with van der Waals surface area (Å²) in [4.78, 5) is 28.2. The number of carbonyl (C=O) groups excluding carboxylic acids is 2. The van der Waals surface area contributed by atoms with Crippen LogP contribution in [0.4, 0.5) is 5.00 Å². The molecular formula is C13H8BrNO2S2. The maximum Gasteiger partial charge on any atom is 0.241 e. The highest BCUT2D eigenvalue weighted by Gasteiger charge is 2.14. The number of carbonyl (C=O) groups is 2. The summed E-state index contributed by atoms with van der Waals surface area (Å²) in [6.45, 7) is 6.85. The lowest BCUT2D eigenvalue weighted by molar-refractivity contribution is 0.0921. The van der Waals surface area contributed by atoms with Crippen molar-refractivity contribution in [1.29, 1.82) is 0 Å². The molecule has 0 atom stereocenters. The molecule has 96 valence electrons. The zero-order valence-electron chi connectivity index (χ0n) is 9.68. The molecule has 0 fully saturated rings. The van der Waals surface area contributed by atoms with E-state index in [0.717, 1.165) is 3.79 Å². The van der Waals surface area contributed by atoms with Crippen molar-refractivity contribution in [2.24, 2.45) is 0 Å². The third kappa shape index (κ3) is 3.60. The number of hydrogen-bond donors (Lipinski definition) is 0. The van der Waals surface area contributed by atoms with Gasteiger partial charge in [0.05, 0.1) is 20.1 Å². The van der Waals surface area contributed by atoms with Crippen LogP contribution in [0, 0.1) is 6.57 Å². The van der Waals surface area contributed by atoms with Gasteiger partial charge in [-0.05, 0) is 34.1 Å². The number of thiophene rings is 2. The second-order valence-corrected chi connectivity index (χ2v) is 7.23. The first-order valence-electron chi connectivity index (χ1n) is 5.39. The summed E-state index contributed by atoms with van der Waals surface area (Å²) >= 11 is 5.84. The van der Waals surface area contributed by atoms with E-state index >= 15 is 0 Å². The van der Waals surface area contributed by atoms with E-state index in [1.54, 1.807) is 18.2 Å². The summed E-state index contributed by atoms with van der Waals surface area (Å²) in [5, 5.41) is 0.497. The van der Waals surface area contributed by atoms with Crippen molar-refractivity contribution < 1.29 is 9.59 Å². The Kier molecular flexibility index (Phi) is 4.64. The van der Waals surface area contributed by atoms with Crippen LogP contribution in [0.5, 0.6) is 0 Å². The molecule has 2 aromatic rings. The Bertz CT molecular complexity index is 666. The van der Waals surface area contributed by atoms with Crippen LogP contribution in [-0.4, -0.2) is 11.6 Å². The fraction of sp³-hybridized carbons (Fsp3) is 0.154. The Morgan fingerprint density at radius 2 is 1.63 bits per heavy atom. The second kappa shape index (κ2) is 6.24. The molecule has 0 N–H and O–H groups in total. The minimum absolute atomic E-state index is 0.0222. The lowest BCUT2D eigenvalue weighted by Crippen LogP contribution is -2.02. The highest BCUT2D eigenvalue weighted by Crippen LogP contribution is 2.27. The van der Waals surface area contributed by atoms with Crippen LogP contribution in [0.2, 0.25) is 0 Å². The zero-order valence-corrected chi connectivity index (χ0v) is 12.9. The van der Waals surface area contributed by atoms with Gasteiger partial charge in [-0.25, -0.2) is 4.85 Å². The molecule has 0 aliphatic rings. The topological polar surface area (TPSA) is 38.5 Å². The number of ketones is 2. The number of nitrogens with zero attached hydrogens (tertiary/aromatic N) is 1. The van der Waals surface area contributed by atoms with Crippen LogP contribution in [-0.2, 0) is 0 Å². The zero-order chi connectivity index (χ0) is 13.8. The fourth-order valence-electron chi connectivity index (χ4n) is 1.48. The van der Waals surface area contributed by atoms with E-state index in [-0.39, 0.29) is 24.4 Å². The van der Waals surface area contributed by atoms with Gasteiger partial charge in [0.1, 0.15) is 0 Å². The van der Waals surface area contributed by atoms with E-state index < -0.39 is 0 Å². The molecule has 2 aromatic heterocycles. The molecular weight excluding hydrogens is 346 g/mol. The van der Waals surface area contributed by atoms with Crippen LogP contribution >= 0.6 is 38.6 Å². The molecule has 19 heavy (non-hydrogen) atoms. The van der Waals surface area contributed by atoms with Gasteiger partial charge in [0.15, 0.2) is 11.6 Å². The highest BCUT2D eigenvalue weighted by molar-refractivity contribution is 9.11. The van der Waals surface area contributed by atoms with Crippen molar-refractivity contribution in [3.63, 3.8) is 0 Å². The average Bonchev–Trinajstić information content (AvgIpc) is 3.04. The minimum atomic E-state index is -0.0797. The molecule has 0 saturated heterocycles. The largest absolute Gasteiger partial charge is 0.293 e. The van der Waals surface area contributed by atoms with E-state index in [9.17, 15) is 9.59 Å². The smallest absolute Gasteiger partial charge is 0.241 e. The van der Waals surface area contributed by atoms with Gasteiger partial charge in [-0.3, -0.25) is 9.59 Å². The third-order valence-corrected chi connectivity index (χ3v) is 5.09. The molecule has 0 radical (unpaired) electrons. The summed E-state index contributed by atoms with van der Waals surface area (Å²) in [5.74, 6) is -0.102. The molecule has 0 unspecified atom stereocenters. The first-order chi connectivity index (χ1) is 9.10. The SMILES string of the molecule is [C-]#[N+]c1ccc(C(=O)CCC(=O)c2ccc(Br)s2)s1. The molecule has 0 saturated carbocycles. The average molecular weight is 354 g/mol. The van der Waals surface area contributed by atoms with E-state index in [1.807, 2.05) is 6.07 Å². The van der Waals surface area contributed by atoms with Crippen LogP contribution in [0.1, 0.15) is 32.2 Å². The monoisotopic (exact) mass is 353 g/mol. The molecule has 0 aliphatic heterocycles. The summed E-state index contributed by atoms with van der Waals surface area (Å²) in [6, 6.07) is 6.85. The van der Waals surface area contributed by atoms with Crippen LogP contribution in [0.15, 0.2) is 28.1 Å². The quantitative estimate of drug-likeness (QED) is 0.562. The predicted octanol–water partition coefficient (Wildman–Crippen LogP) is 4.97. The Hall–Kier alpha value is -1.29. The van der Waals surface area contributed by atoms with Gasteiger partial charge in [-0.1, -0.05) is 6.07 Å². The Morgan fingerprint density at radius 3 is 2.11 bits per heavy atom. The van der Waals surface area contributed by atoms with Crippen LogP contribution in [0.3, 0.4) is 0 Å². The number of halogens is 1. The molecule has 0 bridgehead atoms. The first kappa shape index (κ1) is 14.1. The van der Waals surface area contributed by atoms with Crippen molar-refractivity contribution in [3.8, 4) is 0 Å². The summed E-state index contributed by atoms with van der Waals surface area (Å²) < 4.78 is 0.905. The molecule has 3 nitrogen and oxygen atoms in total. The fourth-order valence-corrected chi connectivity index (χ4v) is 3.59. The lowest BCUT2D eigenvalue weighted by atomic mass is 10.1. The van der Waals surface area contributed by atoms with Gasteiger partial charge >= 0.3 is 0 Å².